The molecule has 0 atom stereocenters. The molecule has 1 amide bonds. The lowest BCUT2D eigenvalue weighted by atomic mass is 10.0. The van der Waals surface area contributed by atoms with Gasteiger partial charge in [-0.2, -0.15) is 0 Å². The van der Waals surface area contributed by atoms with E-state index < -0.39 is 18.5 Å². The molecule has 0 bridgehead atoms. The average Bonchev–Trinajstić information content (AvgIpc) is 2.66. The monoisotopic (exact) mass is 383 g/mol. The molecule has 2 rings (SSSR count). The smallest absolute Gasteiger partial charge is 0.344 e. The van der Waals surface area contributed by atoms with Gasteiger partial charge in [-0.1, -0.05) is 26.0 Å². The van der Waals surface area contributed by atoms with Gasteiger partial charge in [0.25, 0.3) is 5.91 Å². The van der Waals surface area contributed by atoms with Gasteiger partial charge in [0.2, 0.25) is 0 Å². The minimum atomic E-state index is -0.628. The molecule has 0 aliphatic rings. The molecule has 2 aromatic carbocycles. The van der Waals surface area contributed by atoms with E-state index in [1.807, 2.05) is 25.1 Å². The largest absolute Gasteiger partial charge is 0.482 e. The van der Waals surface area contributed by atoms with Gasteiger partial charge in [-0.15, -0.1) is 0 Å². The molecule has 1 N–H and O–H groups in total. The van der Waals surface area contributed by atoms with Crippen LogP contribution in [0.4, 0.5) is 5.69 Å². The van der Waals surface area contributed by atoms with Crippen molar-refractivity contribution < 1.29 is 23.9 Å². The highest BCUT2D eigenvalue weighted by Gasteiger charge is 2.11. The SMILES string of the molecule is CC(=O)c1ccc(NC(=O)COC(=O)COc2cc(C(C)C)ccc2C)cc1. The molecule has 0 radical (unpaired) electrons. The Hall–Kier alpha value is -3.15. The van der Waals surface area contributed by atoms with Crippen LogP contribution >= 0.6 is 0 Å². The van der Waals surface area contributed by atoms with Crippen LogP contribution in [0.15, 0.2) is 42.5 Å². The van der Waals surface area contributed by atoms with Gasteiger partial charge in [0, 0.05) is 11.3 Å². The van der Waals surface area contributed by atoms with Crippen LogP contribution in [0.5, 0.6) is 5.75 Å². The molecule has 148 valence electrons. The van der Waals surface area contributed by atoms with Gasteiger partial charge in [-0.25, -0.2) is 4.79 Å². The minimum Gasteiger partial charge on any atom is -0.482 e. The van der Waals surface area contributed by atoms with Crippen molar-refractivity contribution in [1.82, 2.24) is 0 Å². The van der Waals surface area contributed by atoms with Gasteiger partial charge in [-0.05, 0) is 61.2 Å². The molecular weight excluding hydrogens is 358 g/mol. The molecule has 0 unspecified atom stereocenters. The summed E-state index contributed by atoms with van der Waals surface area (Å²) in [5, 5.41) is 2.60. The molecule has 0 aromatic heterocycles. The summed E-state index contributed by atoms with van der Waals surface area (Å²) < 4.78 is 10.5. The molecule has 6 heteroatoms. The van der Waals surface area contributed by atoms with Crippen molar-refractivity contribution in [3.8, 4) is 5.75 Å². The van der Waals surface area contributed by atoms with Gasteiger partial charge in [0.05, 0.1) is 0 Å². The molecule has 0 aliphatic carbocycles. The fourth-order valence-electron chi connectivity index (χ4n) is 2.44. The van der Waals surface area contributed by atoms with E-state index in [9.17, 15) is 14.4 Å². The Morgan fingerprint density at radius 3 is 2.29 bits per heavy atom. The fourth-order valence-corrected chi connectivity index (χ4v) is 2.44. The average molecular weight is 383 g/mol. The van der Waals surface area contributed by atoms with Crippen LogP contribution < -0.4 is 10.1 Å². The Balaban J connectivity index is 1.80. The number of rotatable bonds is 8. The summed E-state index contributed by atoms with van der Waals surface area (Å²) in [5.41, 5.74) is 3.11. The molecule has 0 spiro atoms. The Labute approximate surface area is 164 Å². The van der Waals surface area contributed by atoms with Crippen LogP contribution in [-0.2, 0) is 14.3 Å². The molecule has 2 aromatic rings. The zero-order chi connectivity index (χ0) is 20.7. The highest BCUT2D eigenvalue weighted by atomic mass is 16.6. The van der Waals surface area contributed by atoms with Crippen molar-refractivity contribution in [1.29, 1.82) is 0 Å². The van der Waals surface area contributed by atoms with E-state index in [1.165, 1.54) is 6.92 Å². The molecule has 0 saturated heterocycles. The number of hydrogen-bond donors (Lipinski definition) is 1. The second-order valence-electron chi connectivity index (χ2n) is 6.81. The first-order valence-electron chi connectivity index (χ1n) is 9.06. The second kappa shape index (κ2) is 9.69. The maximum absolute atomic E-state index is 11.9. The Morgan fingerprint density at radius 1 is 1.00 bits per heavy atom. The molecule has 0 fully saturated rings. The number of carbonyl (C=O) groups is 3. The molecule has 0 heterocycles. The normalized spacial score (nSPS) is 10.5. The number of carbonyl (C=O) groups excluding carboxylic acids is 3. The number of anilines is 1. The van der Waals surface area contributed by atoms with E-state index in [2.05, 4.69) is 19.2 Å². The van der Waals surface area contributed by atoms with Gasteiger partial charge >= 0.3 is 5.97 Å². The lowest BCUT2D eigenvalue weighted by Crippen LogP contribution is -2.23. The standard InChI is InChI=1S/C22H25NO5/c1-14(2)18-6-5-15(3)20(11-18)27-13-22(26)28-12-21(25)23-19-9-7-17(8-10-19)16(4)24/h5-11,14H,12-13H2,1-4H3,(H,23,25). The number of aryl methyl sites for hydroxylation is 1. The summed E-state index contributed by atoms with van der Waals surface area (Å²) >= 11 is 0. The maximum atomic E-state index is 11.9. The summed E-state index contributed by atoms with van der Waals surface area (Å²) in [4.78, 5) is 35.0. The van der Waals surface area contributed by atoms with Crippen molar-refractivity contribution in [2.75, 3.05) is 18.5 Å². The van der Waals surface area contributed by atoms with E-state index in [4.69, 9.17) is 9.47 Å². The fraction of sp³-hybridized carbons (Fsp3) is 0.318. The first-order chi connectivity index (χ1) is 13.3. The van der Waals surface area contributed by atoms with Gasteiger partial charge in [-0.3, -0.25) is 9.59 Å². The van der Waals surface area contributed by atoms with Crippen LogP contribution in [0.1, 0.15) is 48.2 Å². The Bertz CT molecular complexity index is 856. The number of ketones is 1. The first-order valence-corrected chi connectivity index (χ1v) is 9.06. The quantitative estimate of drug-likeness (QED) is 0.553. The highest BCUT2D eigenvalue weighted by molar-refractivity contribution is 5.96. The van der Waals surface area contributed by atoms with Gasteiger partial charge < -0.3 is 14.8 Å². The van der Waals surface area contributed by atoms with E-state index >= 15 is 0 Å². The van der Waals surface area contributed by atoms with Crippen molar-refractivity contribution >= 4 is 23.3 Å². The van der Waals surface area contributed by atoms with E-state index in [0.29, 0.717) is 22.9 Å². The number of amides is 1. The van der Waals surface area contributed by atoms with Crippen LogP contribution in [-0.4, -0.2) is 30.9 Å². The molecular formula is C22H25NO5. The summed E-state index contributed by atoms with van der Waals surface area (Å²) in [6.45, 7) is 6.83. The maximum Gasteiger partial charge on any atom is 0.344 e. The predicted octanol–water partition coefficient (Wildman–Crippen LogP) is 3.88. The summed E-state index contributed by atoms with van der Waals surface area (Å²) in [7, 11) is 0. The van der Waals surface area contributed by atoms with Crippen molar-refractivity contribution in [2.45, 2.75) is 33.6 Å². The summed E-state index contributed by atoms with van der Waals surface area (Å²) in [6, 6.07) is 12.3. The van der Waals surface area contributed by atoms with Crippen molar-refractivity contribution in [2.24, 2.45) is 0 Å². The third-order valence-electron chi connectivity index (χ3n) is 4.16. The number of benzene rings is 2. The molecule has 0 aliphatic heterocycles. The lowest BCUT2D eigenvalue weighted by molar-refractivity contribution is -0.149. The van der Waals surface area contributed by atoms with Crippen LogP contribution in [0.25, 0.3) is 0 Å². The number of nitrogens with one attached hydrogen (secondary N) is 1. The van der Waals surface area contributed by atoms with Crippen molar-refractivity contribution in [3.63, 3.8) is 0 Å². The number of ether oxygens (including phenoxy) is 2. The summed E-state index contributed by atoms with van der Waals surface area (Å²) in [6.07, 6.45) is 0. The van der Waals surface area contributed by atoms with Crippen LogP contribution in [0.2, 0.25) is 0 Å². The third kappa shape index (κ3) is 6.23. The van der Waals surface area contributed by atoms with Gasteiger partial charge in [0.1, 0.15) is 5.75 Å². The molecule has 0 saturated carbocycles. The molecule has 6 nitrogen and oxygen atoms in total. The van der Waals surface area contributed by atoms with E-state index in [-0.39, 0.29) is 12.4 Å². The Morgan fingerprint density at radius 2 is 1.68 bits per heavy atom. The van der Waals surface area contributed by atoms with Gasteiger partial charge in [0.15, 0.2) is 19.0 Å². The van der Waals surface area contributed by atoms with E-state index in [0.717, 1.165) is 11.1 Å². The van der Waals surface area contributed by atoms with Crippen molar-refractivity contribution in [3.05, 3.63) is 59.2 Å². The predicted molar refractivity (Wildman–Crippen MR) is 107 cm³/mol. The minimum absolute atomic E-state index is 0.0547. The topological polar surface area (TPSA) is 81.7 Å². The highest BCUT2D eigenvalue weighted by Crippen LogP contribution is 2.24. The second-order valence-corrected chi connectivity index (χ2v) is 6.81. The van der Waals surface area contributed by atoms with E-state index in [1.54, 1.807) is 24.3 Å². The molecule has 28 heavy (non-hydrogen) atoms. The number of esters is 1. The Kier molecular flexibility index (Phi) is 7.32. The van der Waals surface area contributed by atoms with Crippen LogP contribution in [0, 0.1) is 6.92 Å². The number of Topliss-reactive ketones (excluding diaryl/α,β-unsaturated/α-hetero) is 1. The summed E-state index contributed by atoms with van der Waals surface area (Å²) in [5.74, 6) is -0.180. The number of hydrogen-bond acceptors (Lipinski definition) is 5. The third-order valence-corrected chi connectivity index (χ3v) is 4.16. The first kappa shape index (κ1) is 21.2. The lowest BCUT2D eigenvalue weighted by Gasteiger charge is -2.12. The van der Waals surface area contributed by atoms with Crippen LogP contribution in [0.3, 0.4) is 0 Å². The zero-order valence-electron chi connectivity index (χ0n) is 16.6. The zero-order valence-corrected chi connectivity index (χ0v) is 16.6.